The lowest BCUT2D eigenvalue weighted by Gasteiger charge is -2.21. The van der Waals surface area contributed by atoms with Crippen LogP contribution in [-0.2, 0) is 29.4 Å². The first kappa shape index (κ1) is 23.3. The number of ether oxygens (including phenoxy) is 2. The molecule has 1 N–H and O–H groups in total. The van der Waals surface area contributed by atoms with Crippen molar-refractivity contribution in [2.24, 2.45) is 0 Å². The van der Waals surface area contributed by atoms with E-state index >= 15 is 0 Å². The predicted molar refractivity (Wildman–Crippen MR) is 133 cm³/mol. The summed E-state index contributed by atoms with van der Waals surface area (Å²) in [5.41, 5.74) is 4.93. The smallest absolute Gasteiger partial charge is 0.304 e. The van der Waals surface area contributed by atoms with Gasteiger partial charge in [0, 0.05) is 11.5 Å². The van der Waals surface area contributed by atoms with E-state index in [2.05, 4.69) is 0 Å². The standard InChI is InChI=1S/C30H28O4/c31-30(32)19-27(26-14-8-3-9-15-26)28-18-25(21-33-20-23-10-4-1-5-11-23)16-17-29(28)34-22-24-12-6-2-7-13-24/h1-18,27H,19-22H2,(H,31,32). The van der Waals surface area contributed by atoms with Gasteiger partial charge in [-0.1, -0.05) is 97.1 Å². The fourth-order valence-corrected chi connectivity index (χ4v) is 3.96. The molecule has 1 atom stereocenters. The lowest BCUT2D eigenvalue weighted by Crippen LogP contribution is -2.11. The molecular weight excluding hydrogens is 424 g/mol. The second-order valence-electron chi connectivity index (χ2n) is 8.19. The zero-order chi connectivity index (χ0) is 23.6. The Balaban J connectivity index is 1.60. The van der Waals surface area contributed by atoms with E-state index in [9.17, 15) is 9.90 Å². The van der Waals surface area contributed by atoms with E-state index in [0.717, 1.165) is 27.8 Å². The summed E-state index contributed by atoms with van der Waals surface area (Å²) >= 11 is 0. The van der Waals surface area contributed by atoms with Gasteiger partial charge in [0.1, 0.15) is 12.4 Å². The summed E-state index contributed by atoms with van der Waals surface area (Å²) in [5.74, 6) is -0.502. The first-order chi connectivity index (χ1) is 16.7. The topological polar surface area (TPSA) is 55.8 Å². The lowest BCUT2D eigenvalue weighted by molar-refractivity contribution is -0.137. The van der Waals surface area contributed by atoms with E-state index < -0.39 is 5.97 Å². The maximum Gasteiger partial charge on any atom is 0.304 e. The molecular formula is C30H28O4. The molecule has 34 heavy (non-hydrogen) atoms. The van der Waals surface area contributed by atoms with Gasteiger partial charge >= 0.3 is 5.97 Å². The van der Waals surface area contributed by atoms with Crippen molar-refractivity contribution in [3.05, 3.63) is 137 Å². The summed E-state index contributed by atoms with van der Waals surface area (Å²) in [6.07, 6.45) is -0.0277. The van der Waals surface area contributed by atoms with Gasteiger partial charge in [0.25, 0.3) is 0 Å². The fraction of sp³-hybridized carbons (Fsp3) is 0.167. The van der Waals surface area contributed by atoms with Crippen LogP contribution in [0, 0.1) is 0 Å². The highest BCUT2D eigenvalue weighted by molar-refractivity contribution is 5.69. The molecule has 1 unspecified atom stereocenters. The van der Waals surface area contributed by atoms with Gasteiger partial charge in [-0.15, -0.1) is 0 Å². The van der Waals surface area contributed by atoms with E-state index in [-0.39, 0.29) is 12.3 Å². The Morgan fingerprint density at radius 1 is 0.676 bits per heavy atom. The van der Waals surface area contributed by atoms with E-state index in [4.69, 9.17) is 9.47 Å². The van der Waals surface area contributed by atoms with Crippen molar-refractivity contribution < 1.29 is 19.4 Å². The molecule has 4 aromatic carbocycles. The number of aliphatic carboxylic acids is 1. The molecule has 172 valence electrons. The Kier molecular flexibility index (Phi) is 8.09. The van der Waals surface area contributed by atoms with Crippen molar-refractivity contribution in [2.75, 3.05) is 0 Å². The zero-order valence-corrected chi connectivity index (χ0v) is 19.0. The highest BCUT2D eigenvalue weighted by Crippen LogP contribution is 2.36. The molecule has 0 fully saturated rings. The Hall–Kier alpha value is -3.89. The van der Waals surface area contributed by atoms with E-state index in [1.54, 1.807) is 0 Å². The fourth-order valence-electron chi connectivity index (χ4n) is 3.96. The average molecular weight is 453 g/mol. The van der Waals surface area contributed by atoms with Gasteiger partial charge in [0.05, 0.1) is 19.6 Å². The molecule has 0 saturated heterocycles. The van der Waals surface area contributed by atoms with Crippen molar-refractivity contribution in [1.29, 1.82) is 0 Å². The molecule has 0 aliphatic rings. The number of hydrogen-bond acceptors (Lipinski definition) is 3. The molecule has 0 saturated carbocycles. The highest BCUT2D eigenvalue weighted by Gasteiger charge is 2.22. The second-order valence-corrected chi connectivity index (χ2v) is 8.19. The minimum Gasteiger partial charge on any atom is -0.489 e. The number of carboxylic acid groups (broad SMARTS) is 1. The maximum atomic E-state index is 11.8. The largest absolute Gasteiger partial charge is 0.489 e. The maximum absolute atomic E-state index is 11.8. The highest BCUT2D eigenvalue weighted by atomic mass is 16.5. The van der Waals surface area contributed by atoms with Crippen molar-refractivity contribution >= 4 is 5.97 Å². The molecule has 4 heteroatoms. The van der Waals surface area contributed by atoms with Gasteiger partial charge in [-0.3, -0.25) is 4.79 Å². The van der Waals surface area contributed by atoms with Gasteiger partial charge in [0.2, 0.25) is 0 Å². The number of benzene rings is 4. The average Bonchev–Trinajstić information content (AvgIpc) is 2.88. The molecule has 0 aromatic heterocycles. The summed E-state index contributed by atoms with van der Waals surface area (Å²) < 4.78 is 12.1. The van der Waals surface area contributed by atoms with Gasteiger partial charge in [0.15, 0.2) is 0 Å². The van der Waals surface area contributed by atoms with Crippen LogP contribution < -0.4 is 4.74 Å². The van der Waals surface area contributed by atoms with Gasteiger partial charge in [-0.2, -0.15) is 0 Å². The molecule has 4 nitrogen and oxygen atoms in total. The van der Waals surface area contributed by atoms with Crippen LogP contribution in [0.3, 0.4) is 0 Å². The molecule has 0 aliphatic heterocycles. The third-order valence-electron chi connectivity index (χ3n) is 5.65. The Labute approximate surface area is 200 Å². The summed E-state index contributed by atoms with van der Waals surface area (Å²) in [5, 5.41) is 9.68. The summed E-state index contributed by atoms with van der Waals surface area (Å²) in [4.78, 5) is 11.8. The first-order valence-corrected chi connectivity index (χ1v) is 11.4. The van der Waals surface area contributed by atoms with E-state index in [1.165, 1.54) is 0 Å². The molecule has 4 aromatic rings. The molecule has 0 amide bonds. The molecule has 0 heterocycles. The summed E-state index contributed by atoms with van der Waals surface area (Å²) in [6.45, 7) is 1.35. The monoisotopic (exact) mass is 452 g/mol. The normalized spacial score (nSPS) is 11.6. The SMILES string of the molecule is O=C(O)CC(c1ccccc1)c1cc(COCc2ccccc2)ccc1OCc1ccccc1. The van der Waals surface area contributed by atoms with Crippen LogP contribution in [-0.4, -0.2) is 11.1 Å². The van der Waals surface area contributed by atoms with Crippen LogP contribution in [0.5, 0.6) is 5.75 Å². The van der Waals surface area contributed by atoms with Crippen molar-refractivity contribution in [3.8, 4) is 5.75 Å². The van der Waals surface area contributed by atoms with Crippen molar-refractivity contribution in [2.45, 2.75) is 32.2 Å². The lowest BCUT2D eigenvalue weighted by atomic mass is 9.87. The molecule has 0 bridgehead atoms. The number of carbonyl (C=O) groups is 1. The van der Waals surface area contributed by atoms with E-state index in [1.807, 2.05) is 109 Å². The third kappa shape index (κ3) is 6.56. The van der Waals surface area contributed by atoms with Crippen LogP contribution >= 0.6 is 0 Å². The number of hydrogen-bond donors (Lipinski definition) is 1. The van der Waals surface area contributed by atoms with E-state index in [0.29, 0.717) is 25.6 Å². The minimum atomic E-state index is -0.853. The molecule has 0 aliphatic carbocycles. The molecule has 0 spiro atoms. The Morgan fingerprint density at radius 3 is 1.85 bits per heavy atom. The Bertz CT molecular complexity index is 1170. The van der Waals surface area contributed by atoms with Gasteiger partial charge in [-0.25, -0.2) is 0 Å². The van der Waals surface area contributed by atoms with Gasteiger partial charge in [-0.05, 0) is 34.4 Å². The number of rotatable bonds is 11. The first-order valence-electron chi connectivity index (χ1n) is 11.4. The summed E-state index contributed by atoms with van der Waals surface area (Å²) in [7, 11) is 0. The van der Waals surface area contributed by atoms with Crippen LogP contribution in [0.1, 0.15) is 40.2 Å². The minimum absolute atomic E-state index is 0.0277. The van der Waals surface area contributed by atoms with Crippen molar-refractivity contribution in [1.82, 2.24) is 0 Å². The number of carboxylic acids is 1. The van der Waals surface area contributed by atoms with Crippen molar-refractivity contribution in [3.63, 3.8) is 0 Å². The second kappa shape index (κ2) is 11.8. The van der Waals surface area contributed by atoms with Crippen LogP contribution in [0.2, 0.25) is 0 Å². The van der Waals surface area contributed by atoms with Crippen LogP contribution in [0.4, 0.5) is 0 Å². The Morgan fingerprint density at radius 2 is 1.24 bits per heavy atom. The third-order valence-corrected chi connectivity index (χ3v) is 5.65. The zero-order valence-electron chi connectivity index (χ0n) is 19.0. The summed E-state index contributed by atoms with van der Waals surface area (Å²) in [6, 6.07) is 35.6. The van der Waals surface area contributed by atoms with Gasteiger partial charge < -0.3 is 14.6 Å². The molecule has 0 radical (unpaired) electrons. The molecule has 4 rings (SSSR count). The van der Waals surface area contributed by atoms with Crippen LogP contribution in [0.25, 0.3) is 0 Å². The van der Waals surface area contributed by atoms with Crippen LogP contribution in [0.15, 0.2) is 109 Å². The predicted octanol–water partition coefficient (Wildman–Crippen LogP) is 6.59. The quantitative estimate of drug-likeness (QED) is 0.279.